The summed E-state index contributed by atoms with van der Waals surface area (Å²) < 4.78 is 29.9. The second-order valence-electron chi connectivity index (χ2n) is 4.55. The summed E-state index contributed by atoms with van der Waals surface area (Å²) in [5.41, 5.74) is 0. The van der Waals surface area contributed by atoms with Crippen molar-refractivity contribution in [1.29, 1.82) is 0 Å². The number of hydrogen-bond acceptors (Lipinski definition) is 3. The number of nitrogens with zero attached hydrogens (tertiary/aromatic N) is 1. The Labute approximate surface area is 85.5 Å². The summed E-state index contributed by atoms with van der Waals surface area (Å²) in [6, 6.07) is 0.113. The van der Waals surface area contributed by atoms with E-state index < -0.39 is 10.3 Å². The van der Waals surface area contributed by atoms with Crippen LogP contribution in [-0.4, -0.2) is 31.4 Å². The third-order valence-corrected chi connectivity index (χ3v) is 4.35. The van der Waals surface area contributed by atoms with E-state index in [1.165, 1.54) is 0 Å². The normalized spacial score (nSPS) is 36.5. The molecule has 2 aliphatic rings. The maximum Gasteiger partial charge on any atom is 0.339 e. The van der Waals surface area contributed by atoms with Crippen LogP contribution < -0.4 is 0 Å². The van der Waals surface area contributed by atoms with Crippen molar-refractivity contribution in [3.63, 3.8) is 0 Å². The average molecular weight is 219 g/mol. The molecule has 1 heterocycles. The second-order valence-corrected chi connectivity index (χ2v) is 6.07. The summed E-state index contributed by atoms with van der Waals surface area (Å²) in [6.45, 7) is 4.64. The molecule has 0 aromatic heterocycles. The van der Waals surface area contributed by atoms with Crippen LogP contribution in [0.4, 0.5) is 0 Å². The summed E-state index contributed by atoms with van der Waals surface area (Å²) in [6.07, 6.45) is 2.85. The van der Waals surface area contributed by atoms with E-state index in [2.05, 4.69) is 0 Å². The maximum absolute atomic E-state index is 11.6. The SMILES string of the molecule is CC(C)CN1[C@H]2CCC[C@H]2OS1(=O)=O. The maximum atomic E-state index is 11.6. The molecular weight excluding hydrogens is 202 g/mol. The van der Waals surface area contributed by atoms with Gasteiger partial charge in [0, 0.05) is 6.54 Å². The molecule has 1 aliphatic heterocycles. The Hall–Kier alpha value is -0.130. The molecule has 2 atom stereocenters. The fourth-order valence-corrected chi connectivity index (χ4v) is 4.01. The molecule has 0 unspecified atom stereocenters. The van der Waals surface area contributed by atoms with Crippen molar-refractivity contribution < 1.29 is 12.6 Å². The van der Waals surface area contributed by atoms with Crippen molar-refractivity contribution >= 4 is 10.3 Å². The Balaban J connectivity index is 2.18. The Morgan fingerprint density at radius 1 is 1.43 bits per heavy atom. The van der Waals surface area contributed by atoms with Gasteiger partial charge >= 0.3 is 10.3 Å². The summed E-state index contributed by atoms with van der Waals surface area (Å²) in [5, 5.41) is 0. The van der Waals surface area contributed by atoms with Gasteiger partial charge in [0.25, 0.3) is 0 Å². The third-order valence-electron chi connectivity index (χ3n) is 2.87. The molecule has 0 radical (unpaired) electrons. The molecule has 0 bridgehead atoms. The lowest BCUT2D eigenvalue weighted by molar-refractivity contribution is 0.217. The van der Waals surface area contributed by atoms with Gasteiger partial charge < -0.3 is 0 Å². The van der Waals surface area contributed by atoms with Crippen molar-refractivity contribution in [3.05, 3.63) is 0 Å². The number of rotatable bonds is 2. The third kappa shape index (κ3) is 1.68. The second kappa shape index (κ2) is 3.47. The Morgan fingerprint density at radius 2 is 2.14 bits per heavy atom. The first-order valence-electron chi connectivity index (χ1n) is 5.21. The first-order valence-corrected chi connectivity index (χ1v) is 6.57. The van der Waals surface area contributed by atoms with Crippen molar-refractivity contribution in [2.45, 2.75) is 45.3 Å². The van der Waals surface area contributed by atoms with Gasteiger partial charge in [-0.2, -0.15) is 12.7 Å². The molecule has 0 amide bonds. The van der Waals surface area contributed by atoms with Crippen LogP contribution in [-0.2, 0) is 14.5 Å². The van der Waals surface area contributed by atoms with E-state index in [4.69, 9.17) is 4.18 Å². The molecular formula is C9H17NO3S. The molecule has 2 rings (SSSR count). The summed E-state index contributed by atoms with van der Waals surface area (Å²) in [7, 11) is -3.41. The van der Waals surface area contributed by atoms with Crippen LogP contribution in [0.5, 0.6) is 0 Å². The highest BCUT2D eigenvalue weighted by Gasteiger charge is 2.48. The van der Waals surface area contributed by atoms with E-state index in [0.717, 1.165) is 19.3 Å². The van der Waals surface area contributed by atoms with Crippen molar-refractivity contribution in [1.82, 2.24) is 4.31 Å². The lowest BCUT2D eigenvalue weighted by atomic mass is 10.1. The summed E-state index contributed by atoms with van der Waals surface area (Å²) in [5.74, 6) is 0.354. The van der Waals surface area contributed by atoms with E-state index >= 15 is 0 Å². The minimum Gasteiger partial charge on any atom is -0.253 e. The van der Waals surface area contributed by atoms with E-state index in [9.17, 15) is 8.42 Å². The fourth-order valence-electron chi connectivity index (χ4n) is 2.31. The highest BCUT2D eigenvalue weighted by molar-refractivity contribution is 7.84. The van der Waals surface area contributed by atoms with Gasteiger partial charge in [0.15, 0.2) is 0 Å². The molecule has 2 fully saturated rings. The minimum atomic E-state index is -3.41. The van der Waals surface area contributed by atoms with Crippen molar-refractivity contribution in [2.24, 2.45) is 5.92 Å². The summed E-state index contributed by atoms with van der Waals surface area (Å²) >= 11 is 0. The van der Waals surface area contributed by atoms with Crippen LogP contribution >= 0.6 is 0 Å². The minimum absolute atomic E-state index is 0.0706. The van der Waals surface area contributed by atoms with Gasteiger partial charge in [0.2, 0.25) is 0 Å². The zero-order chi connectivity index (χ0) is 10.3. The van der Waals surface area contributed by atoms with Crippen LogP contribution in [0.3, 0.4) is 0 Å². The van der Waals surface area contributed by atoms with Gasteiger partial charge in [0.1, 0.15) is 0 Å². The molecule has 0 spiro atoms. The molecule has 0 aromatic rings. The van der Waals surface area contributed by atoms with Crippen LogP contribution in [0.15, 0.2) is 0 Å². The van der Waals surface area contributed by atoms with Crippen LogP contribution in [0.2, 0.25) is 0 Å². The van der Waals surface area contributed by atoms with Gasteiger partial charge in [-0.1, -0.05) is 13.8 Å². The molecule has 14 heavy (non-hydrogen) atoms. The molecule has 0 N–H and O–H groups in total. The van der Waals surface area contributed by atoms with Crippen LogP contribution in [0.1, 0.15) is 33.1 Å². The van der Waals surface area contributed by atoms with Crippen molar-refractivity contribution in [2.75, 3.05) is 6.54 Å². The van der Waals surface area contributed by atoms with Gasteiger partial charge in [-0.25, -0.2) is 0 Å². The first kappa shape index (κ1) is 10.4. The molecule has 1 aliphatic carbocycles. The molecule has 4 nitrogen and oxygen atoms in total. The molecule has 82 valence electrons. The van der Waals surface area contributed by atoms with E-state index in [-0.39, 0.29) is 12.1 Å². The number of hydrogen-bond donors (Lipinski definition) is 0. The predicted octanol–water partition coefficient (Wildman–Crippen LogP) is 1.14. The molecule has 1 saturated carbocycles. The average Bonchev–Trinajstić information content (AvgIpc) is 2.53. The highest BCUT2D eigenvalue weighted by Crippen LogP contribution is 2.36. The molecule has 0 aromatic carbocycles. The van der Waals surface area contributed by atoms with E-state index in [0.29, 0.717) is 12.5 Å². The predicted molar refractivity (Wildman–Crippen MR) is 53.0 cm³/mol. The highest BCUT2D eigenvalue weighted by atomic mass is 32.2. The van der Waals surface area contributed by atoms with Crippen LogP contribution in [0, 0.1) is 5.92 Å². The zero-order valence-corrected chi connectivity index (χ0v) is 9.46. The zero-order valence-electron chi connectivity index (χ0n) is 8.64. The van der Waals surface area contributed by atoms with E-state index in [1.54, 1.807) is 4.31 Å². The van der Waals surface area contributed by atoms with Gasteiger partial charge in [-0.05, 0) is 25.2 Å². The van der Waals surface area contributed by atoms with Crippen LogP contribution in [0.25, 0.3) is 0 Å². The monoisotopic (exact) mass is 219 g/mol. The quantitative estimate of drug-likeness (QED) is 0.699. The standard InChI is InChI=1S/C9H17NO3S/c1-7(2)6-10-8-4-3-5-9(8)13-14(10,11)12/h7-9H,3-6H2,1-2H3/t8-,9+/m0/s1. The largest absolute Gasteiger partial charge is 0.339 e. The smallest absolute Gasteiger partial charge is 0.253 e. The molecule has 5 heteroatoms. The lowest BCUT2D eigenvalue weighted by Crippen LogP contribution is -2.36. The summed E-state index contributed by atoms with van der Waals surface area (Å²) in [4.78, 5) is 0. The number of fused-ring (bicyclic) bond motifs is 1. The Kier molecular flexibility index (Phi) is 2.57. The fraction of sp³-hybridized carbons (Fsp3) is 1.00. The first-order chi connectivity index (χ1) is 6.50. The van der Waals surface area contributed by atoms with Crippen molar-refractivity contribution in [3.8, 4) is 0 Å². The van der Waals surface area contributed by atoms with Gasteiger partial charge in [-0.3, -0.25) is 4.18 Å². The topological polar surface area (TPSA) is 46.6 Å². The molecule has 1 saturated heterocycles. The Bertz CT molecular complexity index is 312. The lowest BCUT2D eigenvalue weighted by Gasteiger charge is -2.20. The van der Waals surface area contributed by atoms with Gasteiger partial charge in [0.05, 0.1) is 12.1 Å². The van der Waals surface area contributed by atoms with E-state index in [1.807, 2.05) is 13.8 Å². The van der Waals surface area contributed by atoms with Gasteiger partial charge in [-0.15, -0.1) is 0 Å². The Morgan fingerprint density at radius 3 is 2.79 bits per heavy atom.